The molecule has 0 radical (unpaired) electrons. The van der Waals surface area contributed by atoms with E-state index >= 15 is 0 Å². The lowest BCUT2D eigenvalue weighted by molar-refractivity contribution is -0.384. The normalized spacial score (nSPS) is 19.0. The number of nitrogens with zero attached hydrogens (tertiary/aromatic N) is 1. The second kappa shape index (κ2) is 8.11. The predicted molar refractivity (Wildman–Crippen MR) is 80.4 cm³/mol. The van der Waals surface area contributed by atoms with Gasteiger partial charge in [-0.1, -0.05) is 13.8 Å². The molecule has 0 atom stereocenters. The molecule has 1 aromatic rings. The monoisotopic (exact) mass is 308 g/mol. The molecule has 22 heavy (non-hydrogen) atoms. The van der Waals surface area contributed by atoms with Crippen LogP contribution in [0.5, 0.6) is 0 Å². The molecule has 1 N–H and O–H groups in total. The maximum absolute atomic E-state index is 11.8. The first kappa shape index (κ1) is 17.6. The number of benzene rings is 1. The number of hydrogen-bond acceptors (Lipinski definition) is 5. The van der Waals surface area contributed by atoms with Gasteiger partial charge in [0.25, 0.3) is 5.69 Å². The summed E-state index contributed by atoms with van der Waals surface area (Å²) in [6.45, 7) is 4.00. The van der Waals surface area contributed by atoms with Gasteiger partial charge >= 0.3 is 5.97 Å². The van der Waals surface area contributed by atoms with Crippen molar-refractivity contribution in [2.75, 3.05) is 7.05 Å². The third kappa shape index (κ3) is 4.28. The highest BCUT2D eigenvalue weighted by Gasteiger charge is 2.36. The molecule has 0 heterocycles. The fourth-order valence-electron chi connectivity index (χ4n) is 2.02. The summed E-state index contributed by atoms with van der Waals surface area (Å²) in [6, 6.07) is 5.22. The van der Waals surface area contributed by atoms with E-state index in [4.69, 9.17) is 4.74 Å². The van der Waals surface area contributed by atoms with Gasteiger partial charge in [0.2, 0.25) is 5.91 Å². The van der Waals surface area contributed by atoms with Crippen LogP contribution in [-0.2, 0) is 9.53 Å². The van der Waals surface area contributed by atoms with Crippen LogP contribution in [0.1, 0.15) is 37.0 Å². The van der Waals surface area contributed by atoms with E-state index in [1.807, 2.05) is 13.8 Å². The van der Waals surface area contributed by atoms with E-state index in [9.17, 15) is 19.7 Å². The predicted octanol–water partition coefficient (Wildman–Crippen LogP) is 2.30. The molecule has 1 aliphatic rings. The lowest BCUT2D eigenvalue weighted by atomic mass is 9.81. The molecule has 0 aromatic heterocycles. The number of rotatable bonds is 4. The van der Waals surface area contributed by atoms with Crippen molar-refractivity contribution in [1.82, 2.24) is 5.32 Å². The number of amides is 1. The Morgan fingerprint density at radius 1 is 1.23 bits per heavy atom. The zero-order valence-electron chi connectivity index (χ0n) is 12.9. The van der Waals surface area contributed by atoms with Gasteiger partial charge in [-0.05, 0) is 25.0 Å². The maximum Gasteiger partial charge on any atom is 0.338 e. The highest BCUT2D eigenvalue weighted by Crippen LogP contribution is 2.30. The molecule has 2 rings (SSSR count). The van der Waals surface area contributed by atoms with Crippen LogP contribution in [0.15, 0.2) is 24.3 Å². The summed E-state index contributed by atoms with van der Waals surface area (Å²) in [5.41, 5.74) is 0.184. The first-order valence-electron chi connectivity index (χ1n) is 7.18. The summed E-state index contributed by atoms with van der Waals surface area (Å²) in [6.07, 6.45) is 0.761. The highest BCUT2D eigenvalue weighted by molar-refractivity contribution is 5.90. The van der Waals surface area contributed by atoms with Gasteiger partial charge in [-0.15, -0.1) is 0 Å². The lowest BCUT2D eigenvalue weighted by Crippen LogP contribution is -2.41. The average Bonchev–Trinajstić information content (AvgIpc) is 2.51. The third-order valence-corrected chi connectivity index (χ3v) is 3.30. The van der Waals surface area contributed by atoms with E-state index in [1.54, 1.807) is 7.05 Å². The first-order chi connectivity index (χ1) is 10.5. The van der Waals surface area contributed by atoms with Gasteiger partial charge in [-0.2, -0.15) is 0 Å². The second-order valence-electron chi connectivity index (χ2n) is 4.61. The zero-order chi connectivity index (χ0) is 16.7. The number of carbonyl (C=O) groups excluding carboxylic acids is 2. The molecule has 1 aromatic carbocycles. The number of hydrogen-bond donors (Lipinski definition) is 1. The minimum atomic E-state index is -0.533. The summed E-state index contributed by atoms with van der Waals surface area (Å²) < 4.78 is 5.21. The molecular formula is C15H20N2O5. The third-order valence-electron chi connectivity index (χ3n) is 3.30. The van der Waals surface area contributed by atoms with E-state index in [2.05, 4.69) is 5.32 Å². The van der Waals surface area contributed by atoms with Gasteiger partial charge in [-0.25, -0.2) is 4.79 Å². The molecule has 7 heteroatoms. The zero-order valence-corrected chi connectivity index (χ0v) is 12.9. The van der Waals surface area contributed by atoms with Crippen molar-refractivity contribution in [2.24, 2.45) is 5.92 Å². The standard InChI is InChI=1S/C13H14N2O5.C2H6/c1-14-12(16)9-6-11(7-9)20-13(17)8-2-4-10(5-3-8)15(18)19;1-2/h2-5,9,11H,6-7H2,1H3,(H,14,16);1-2H3. The van der Waals surface area contributed by atoms with Crippen molar-refractivity contribution >= 4 is 17.6 Å². The number of nitro groups is 1. The van der Waals surface area contributed by atoms with Crippen molar-refractivity contribution < 1.29 is 19.2 Å². The van der Waals surface area contributed by atoms with Crippen molar-refractivity contribution in [3.05, 3.63) is 39.9 Å². The average molecular weight is 308 g/mol. The SMILES string of the molecule is CC.CNC(=O)C1CC(OC(=O)c2ccc([N+](=O)[O-])cc2)C1. The molecule has 1 fully saturated rings. The lowest BCUT2D eigenvalue weighted by Gasteiger charge is -2.33. The van der Waals surface area contributed by atoms with E-state index in [1.165, 1.54) is 24.3 Å². The molecule has 7 nitrogen and oxygen atoms in total. The van der Waals surface area contributed by atoms with Crippen LogP contribution in [0, 0.1) is 16.0 Å². The Morgan fingerprint density at radius 2 is 1.77 bits per heavy atom. The van der Waals surface area contributed by atoms with Crippen molar-refractivity contribution in [3.8, 4) is 0 Å². The minimum Gasteiger partial charge on any atom is -0.459 e. The van der Waals surface area contributed by atoms with Crippen LogP contribution >= 0.6 is 0 Å². The number of non-ortho nitro benzene ring substituents is 1. The largest absolute Gasteiger partial charge is 0.459 e. The molecule has 0 spiro atoms. The Bertz CT molecular complexity index is 535. The van der Waals surface area contributed by atoms with Gasteiger partial charge in [0, 0.05) is 25.1 Å². The van der Waals surface area contributed by atoms with Gasteiger partial charge < -0.3 is 10.1 Å². The van der Waals surface area contributed by atoms with Crippen LogP contribution in [0.3, 0.4) is 0 Å². The Hall–Kier alpha value is -2.44. The summed E-state index contributed by atoms with van der Waals surface area (Å²) in [5.74, 6) is -0.678. The smallest absolute Gasteiger partial charge is 0.338 e. The number of esters is 1. The van der Waals surface area contributed by atoms with E-state index in [0.717, 1.165) is 0 Å². The van der Waals surface area contributed by atoms with Crippen LogP contribution in [-0.4, -0.2) is 30.0 Å². The summed E-state index contributed by atoms with van der Waals surface area (Å²) >= 11 is 0. The second-order valence-corrected chi connectivity index (χ2v) is 4.61. The number of nitro benzene ring substituents is 1. The van der Waals surface area contributed by atoms with Crippen molar-refractivity contribution in [1.29, 1.82) is 0 Å². The Morgan fingerprint density at radius 3 is 2.23 bits per heavy atom. The van der Waals surface area contributed by atoms with Crippen LogP contribution in [0.4, 0.5) is 5.69 Å². The molecule has 0 saturated heterocycles. The minimum absolute atomic E-state index is 0.0485. The van der Waals surface area contributed by atoms with Crippen LogP contribution < -0.4 is 5.32 Å². The fourth-order valence-corrected chi connectivity index (χ4v) is 2.02. The molecular weight excluding hydrogens is 288 g/mol. The van der Waals surface area contributed by atoms with Crippen molar-refractivity contribution in [2.45, 2.75) is 32.8 Å². The highest BCUT2D eigenvalue weighted by atomic mass is 16.6. The van der Waals surface area contributed by atoms with Gasteiger partial charge in [0.05, 0.1) is 10.5 Å². The van der Waals surface area contributed by atoms with Crippen LogP contribution in [0.2, 0.25) is 0 Å². The molecule has 1 saturated carbocycles. The van der Waals surface area contributed by atoms with Gasteiger partial charge in [-0.3, -0.25) is 14.9 Å². The number of carbonyl (C=O) groups is 2. The number of ether oxygens (including phenoxy) is 1. The topological polar surface area (TPSA) is 98.5 Å². The first-order valence-corrected chi connectivity index (χ1v) is 7.18. The fraction of sp³-hybridized carbons (Fsp3) is 0.467. The Labute approximate surface area is 128 Å². The summed E-state index contributed by atoms with van der Waals surface area (Å²) in [4.78, 5) is 33.0. The summed E-state index contributed by atoms with van der Waals surface area (Å²) in [5, 5.41) is 13.0. The van der Waals surface area contributed by atoms with E-state index in [-0.39, 0.29) is 29.2 Å². The Balaban J connectivity index is 0.00000116. The van der Waals surface area contributed by atoms with Crippen molar-refractivity contribution in [3.63, 3.8) is 0 Å². The quantitative estimate of drug-likeness (QED) is 0.523. The molecule has 1 aliphatic carbocycles. The summed E-state index contributed by atoms with van der Waals surface area (Å²) in [7, 11) is 1.57. The van der Waals surface area contributed by atoms with Gasteiger partial charge in [0.15, 0.2) is 0 Å². The van der Waals surface area contributed by atoms with Gasteiger partial charge in [0.1, 0.15) is 6.10 Å². The Kier molecular flexibility index (Phi) is 6.49. The van der Waals surface area contributed by atoms with E-state index in [0.29, 0.717) is 12.8 Å². The van der Waals surface area contributed by atoms with E-state index < -0.39 is 10.9 Å². The van der Waals surface area contributed by atoms with Crippen LogP contribution in [0.25, 0.3) is 0 Å². The number of nitrogens with one attached hydrogen (secondary N) is 1. The maximum atomic E-state index is 11.8. The molecule has 1 amide bonds. The molecule has 0 aliphatic heterocycles. The molecule has 0 bridgehead atoms. The molecule has 120 valence electrons. The molecule has 0 unspecified atom stereocenters.